The van der Waals surface area contributed by atoms with Crippen molar-refractivity contribution < 1.29 is 10.6 Å². The number of imidazole rings is 2. The molecule has 4 nitrogen and oxygen atoms in total. The molecule has 0 N–H and O–H groups in total. The van der Waals surface area contributed by atoms with Gasteiger partial charge in [-0.15, -0.1) is 0 Å². The van der Waals surface area contributed by atoms with Gasteiger partial charge in [-0.1, -0.05) is 0 Å². The molecule has 2 aromatic heterocycles. The summed E-state index contributed by atoms with van der Waals surface area (Å²) in [6.07, 6.45) is 0. The van der Waals surface area contributed by atoms with Gasteiger partial charge < -0.3 is 0 Å². The van der Waals surface area contributed by atoms with Gasteiger partial charge in [0.25, 0.3) is 0 Å². The Labute approximate surface area is 161 Å². The Morgan fingerprint density at radius 3 is 1.04 bits per heavy atom. The number of fused-ring (bicyclic) bond motifs is 2. The quantitative estimate of drug-likeness (QED) is 0.274. The molecule has 2 heterocycles. The summed E-state index contributed by atoms with van der Waals surface area (Å²) in [6, 6.07) is 17.1. The number of aryl methyl sites for hydroxylation is 4. The fourth-order valence-electron chi connectivity index (χ4n) is 3.48. The molecule has 25 heavy (non-hydrogen) atoms. The molecule has 2 aromatic carbocycles. The van der Waals surface area contributed by atoms with E-state index in [1.165, 1.54) is 29.8 Å². The Kier molecular flexibility index (Phi) is 4.20. The van der Waals surface area contributed by atoms with Crippen molar-refractivity contribution in [1.82, 2.24) is 18.3 Å². The zero-order valence-corrected chi connectivity index (χ0v) is 19.2. The third-order valence-electron chi connectivity index (χ3n) is 4.59. The van der Waals surface area contributed by atoms with Gasteiger partial charge in [-0.05, 0) is 0 Å². The van der Waals surface area contributed by atoms with Crippen LogP contribution in [0.3, 0.4) is 0 Å². The van der Waals surface area contributed by atoms with Gasteiger partial charge in [0.1, 0.15) is 0 Å². The third kappa shape index (κ3) is 2.40. The fourth-order valence-corrected chi connectivity index (χ4v) is 15.1. The first kappa shape index (κ1) is 17.4. The summed E-state index contributed by atoms with van der Waals surface area (Å²) >= 11 is 8.28. The van der Waals surface area contributed by atoms with Crippen LogP contribution in [0.4, 0.5) is 0 Å². The molecule has 0 aliphatic rings. The molecule has 0 radical (unpaired) electrons. The number of hydrogen-bond acceptors (Lipinski definition) is 0. The van der Waals surface area contributed by atoms with Crippen LogP contribution in [0.15, 0.2) is 48.5 Å². The Hall–Kier alpha value is -0.998. The van der Waals surface area contributed by atoms with Crippen LogP contribution in [0, 0.1) is 7.78 Å². The van der Waals surface area contributed by atoms with Crippen LogP contribution in [0.25, 0.3) is 22.1 Å². The number of benzene rings is 2. The molecule has 0 amide bonds. The van der Waals surface area contributed by atoms with Crippen molar-refractivity contribution in [2.45, 2.75) is 0 Å². The third-order valence-corrected chi connectivity index (χ3v) is 13.7. The van der Waals surface area contributed by atoms with E-state index < -0.39 is 10.6 Å². The van der Waals surface area contributed by atoms with Crippen LogP contribution in [-0.4, -0.2) is 18.3 Å². The van der Waals surface area contributed by atoms with Crippen LogP contribution in [0.2, 0.25) is 0 Å². The van der Waals surface area contributed by atoms with Crippen LogP contribution in [0.1, 0.15) is 0 Å². The standard InChI is InChI=1S/2C9H10N2.2BrH.Pd/c2*1-10-7-11(2)9-6-4-3-5-8(9)10;;;/h2*3-6H,1-2H3;2*1H;/q;;;;+2/p-2. The van der Waals surface area contributed by atoms with E-state index in [2.05, 4.69) is 122 Å². The first-order valence-electron chi connectivity index (χ1n) is 7.79. The summed E-state index contributed by atoms with van der Waals surface area (Å²) in [7, 11) is 6.12. The van der Waals surface area contributed by atoms with E-state index in [1.807, 2.05) is 0 Å². The molecule has 0 atom stereocenters. The van der Waals surface area contributed by atoms with E-state index in [0.717, 1.165) is 0 Å². The average molecular weight is 559 g/mol. The number of para-hydroxylation sites is 4. The second-order valence-electron chi connectivity index (χ2n) is 6.06. The predicted molar refractivity (Wildman–Crippen MR) is 108 cm³/mol. The summed E-state index contributed by atoms with van der Waals surface area (Å²) in [5, 5.41) is 0. The minimum absolute atomic E-state index is 1.24. The van der Waals surface area contributed by atoms with E-state index in [-0.39, 0.29) is 0 Å². The fraction of sp³-hybridized carbons (Fsp3) is 0.222. The molecular weight excluding hydrogens is 538 g/mol. The monoisotopic (exact) mass is 556 g/mol. The van der Waals surface area contributed by atoms with Gasteiger partial charge in [0.15, 0.2) is 0 Å². The number of rotatable bonds is 0. The molecule has 0 bridgehead atoms. The molecule has 4 rings (SSSR count). The molecule has 0 unspecified atom stereocenters. The van der Waals surface area contributed by atoms with Crippen molar-refractivity contribution >= 4 is 48.9 Å². The van der Waals surface area contributed by atoms with Crippen molar-refractivity contribution in [3.8, 4) is 0 Å². The Morgan fingerprint density at radius 2 is 0.800 bits per heavy atom. The van der Waals surface area contributed by atoms with Crippen molar-refractivity contribution in [3.63, 3.8) is 0 Å². The van der Waals surface area contributed by atoms with Gasteiger partial charge in [0.05, 0.1) is 0 Å². The molecule has 0 fully saturated rings. The van der Waals surface area contributed by atoms with E-state index in [4.69, 9.17) is 0 Å². The Morgan fingerprint density at radius 1 is 0.560 bits per heavy atom. The average Bonchev–Trinajstić information content (AvgIpc) is 3.01. The Balaban J connectivity index is 2.48. The van der Waals surface area contributed by atoms with Crippen LogP contribution in [-0.2, 0) is 38.8 Å². The van der Waals surface area contributed by atoms with Gasteiger partial charge in [-0.2, -0.15) is 0 Å². The van der Waals surface area contributed by atoms with E-state index in [1.54, 1.807) is 0 Å². The molecule has 4 aromatic rings. The first-order valence-corrected chi connectivity index (χ1v) is 16.5. The Bertz CT molecular complexity index is 1150. The zero-order valence-electron chi connectivity index (χ0n) is 14.5. The second kappa shape index (κ2) is 6.02. The van der Waals surface area contributed by atoms with E-state index in [9.17, 15) is 0 Å². The number of aromatic nitrogens is 4. The summed E-state index contributed by atoms with van der Waals surface area (Å²) < 4.78 is 11.7. The molecule has 0 aliphatic heterocycles. The van der Waals surface area contributed by atoms with Gasteiger partial charge in [-0.3, -0.25) is 0 Å². The van der Waals surface area contributed by atoms with Crippen molar-refractivity contribution in [1.29, 1.82) is 0 Å². The number of hydrogen-bond donors (Lipinski definition) is 0. The van der Waals surface area contributed by atoms with Crippen LogP contribution in [0.5, 0.6) is 0 Å². The number of halogens is 2. The van der Waals surface area contributed by atoms with E-state index in [0.29, 0.717) is 0 Å². The molecular formula is C18H20Br2N4Pd. The van der Waals surface area contributed by atoms with Crippen molar-refractivity contribution in [3.05, 3.63) is 56.3 Å². The maximum atomic E-state index is 4.14. The molecule has 136 valence electrons. The normalized spacial score (nSPS) is 13.0. The van der Waals surface area contributed by atoms with Gasteiger partial charge in [0, 0.05) is 0 Å². The summed E-state index contributed by atoms with van der Waals surface area (Å²) in [4.78, 5) is 0. The topological polar surface area (TPSA) is 19.7 Å². The van der Waals surface area contributed by atoms with Crippen LogP contribution < -0.4 is 0 Å². The van der Waals surface area contributed by atoms with E-state index >= 15 is 0 Å². The first-order chi connectivity index (χ1) is 11.9. The van der Waals surface area contributed by atoms with Crippen molar-refractivity contribution in [2.75, 3.05) is 0 Å². The second-order valence-corrected chi connectivity index (χ2v) is 22.1. The van der Waals surface area contributed by atoms with Gasteiger partial charge >= 0.3 is 162 Å². The SMILES string of the molecule is Cn1[c](=[Pd]([Br])([Br])=[c]2n(C)c3ccccc3n2C)n(C)c2ccccc21. The summed E-state index contributed by atoms with van der Waals surface area (Å²) in [5.74, 6) is 0. The van der Waals surface area contributed by atoms with Crippen molar-refractivity contribution in [2.24, 2.45) is 28.2 Å². The summed E-state index contributed by atoms with van der Waals surface area (Å²) in [6.45, 7) is 0. The van der Waals surface area contributed by atoms with Gasteiger partial charge in [0.2, 0.25) is 0 Å². The predicted octanol–water partition coefficient (Wildman–Crippen LogP) is 4.88. The summed E-state index contributed by atoms with van der Waals surface area (Å²) in [5.41, 5.74) is 4.95. The zero-order chi connectivity index (χ0) is 17.9. The van der Waals surface area contributed by atoms with Gasteiger partial charge in [-0.25, -0.2) is 0 Å². The molecule has 0 saturated carbocycles. The molecule has 0 spiro atoms. The molecule has 0 saturated heterocycles. The maximum absolute atomic E-state index is 4.14. The molecule has 0 aliphatic carbocycles. The minimum atomic E-state index is -2.47. The molecule has 7 heteroatoms. The van der Waals surface area contributed by atoms with Crippen LogP contribution >= 0.6 is 26.9 Å². The number of nitrogens with zero attached hydrogens (tertiary/aromatic N) is 4.